The van der Waals surface area contributed by atoms with Crippen LogP contribution in [0.4, 0.5) is 0 Å². The zero-order valence-corrected chi connectivity index (χ0v) is 33.3. The van der Waals surface area contributed by atoms with Crippen LogP contribution in [0.15, 0.2) is 12.2 Å². The molecule has 0 aliphatic rings. The molecule has 9 nitrogen and oxygen atoms in total. The van der Waals surface area contributed by atoms with Gasteiger partial charge in [-0.1, -0.05) is 161 Å². The summed E-state index contributed by atoms with van der Waals surface area (Å²) in [6.07, 6.45) is 36.6. The standard InChI is InChI=1S/C40H78NO8P/c1-3-5-7-9-11-13-15-17-19-21-22-24-26-28-30-32-39(42)46-36-38(37-48-50(44,45)47-35-34-41)49-40(43)33-31-29-27-25-23-20-18-16-14-12-10-8-6-4-2/h17,19,38H,3-16,18,20-37,41H2,1-2H3,(H,44,45)/b19-17-/t38-/m1/s1. The van der Waals surface area contributed by atoms with Gasteiger partial charge < -0.3 is 20.1 Å². The van der Waals surface area contributed by atoms with E-state index in [-0.39, 0.29) is 38.6 Å². The minimum absolute atomic E-state index is 0.0550. The van der Waals surface area contributed by atoms with Crippen LogP contribution in [0.3, 0.4) is 0 Å². The first-order valence-electron chi connectivity index (χ1n) is 20.7. The molecule has 0 saturated carbocycles. The van der Waals surface area contributed by atoms with E-state index in [0.29, 0.717) is 6.42 Å². The van der Waals surface area contributed by atoms with E-state index in [0.717, 1.165) is 51.4 Å². The molecule has 0 aromatic heterocycles. The van der Waals surface area contributed by atoms with E-state index in [1.165, 1.54) is 116 Å². The van der Waals surface area contributed by atoms with Crippen LogP contribution < -0.4 is 5.73 Å². The largest absolute Gasteiger partial charge is 0.472 e. The minimum Gasteiger partial charge on any atom is -0.462 e. The SMILES string of the molecule is CCCCCCCC/C=C\CCCCCCCC(=O)OC[C@H](COP(=O)(O)OCCN)OC(=O)CCCCCCCCCCCCCCCC. The molecule has 0 fully saturated rings. The number of phosphoric acid groups is 1. The van der Waals surface area contributed by atoms with Gasteiger partial charge in [0.15, 0.2) is 6.10 Å². The number of ether oxygens (including phenoxy) is 2. The molecule has 0 amide bonds. The Morgan fingerprint density at radius 2 is 0.980 bits per heavy atom. The van der Waals surface area contributed by atoms with Gasteiger partial charge in [-0.2, -0.15) is 0 Å². The lowest BCUT2D eigenvalue weighted by Crippen LogP contribution is -2.29. The van der Waals surface area contributed by atoms with Gasteiger partial charge >= 0.3 is 19.8 Å². The second kappa shape index (κ2) is 37.5. The molecule has 50 heavy (non-hydrogen) atoms. The van der Waals surface area contributed by atoms with E-state index in [1.54, 1.807) is 0 Å². The van der Waals surface area contributed by atoms with Crippen LogP contribution in [0.25, 0.3) is 0 Å². The second-order valence-electron chi connectivity index (χ2n) is 13.9. The van der Waals surface area contributed by atoms with Crippen molar-refractivity contribution in [2.75, 3.05) is 26.4 Å². The first-order chi connectivity index (χ1) is 24.3. The average molecular weight is 732 g/mol. The number of phosphoric ester groups is 1. The molecule has 10 heteroatoms. The first-order valence-corrected chi connectivity index (χ1v) is 22.2. The van der Waals surface area contributed by atoms with Crippen LogP contribution in [-0.2, 0) is 32.7 Å². The fourth-order valence-corrected chi connectivity index (χ4v) is 6.57. The molecule has 0 spiro atoms. The van der Waals surface area contributed by atoms with Gasteiger partial charge in [-0.15, -0.1) is 0 Å². The van der Waals surface area contributed by atoms with Crippen molar-refractivity contribution >= 4 is 19.8 Å². The Kier molecular flexibility index (Phi) is 36.6. The van der Waals surface area contributed by atoms with E-state index >= 15 is 0 Å². The molecule has 0 aliphatic heterocycles. The maximum atomic E-state index is 12.5. The highest BCUT2D eigenvalue weighted by atomic mass is 31.2. The topological polar surface area (TPSA) is 134 Å². The molecule has 0 aromatic carbocycles. The van der Waals surface area contributed by atoms with Crippen molar-refractivity contribution < 1.29 is 37.6 Å². The van der Waals surface area contributed by atoms with Crippen molar-refractivity contribution in [3.8, 4) is 0 Å². The normalized spacial score (nSPS) is 13.4. The Morgan fingerprint density at radius 3 is 1.42 bits per heavy atom. The number of carbonyl (C=O) groups is 2. The quantitative estimate of drug-likeness (QED) is 0.0274. The third kappa shape index (κ3) is 36.5. The van der Waals surface area contributed by atoms with Gasteiger partial charge in [-0.3, -0.25) is 18.6 Å². The molecular formula is C40H78NO8P. The average Bonchev–Trinajstić information content (AvgIpc) is 3.10. The monoisotopic (exact) mass is 732 g/mol. The summed E-state index contributed by atoms with van der Waals surface area (Å²) in [4.78, 5) is 34.8. The fraction of sp³-hybridized carbons (Fsp3) is 0.900. The molecule has 3 N–H and O–H groups in total. The van der Waals surface area contributed by atoms with Crippen molar-refractivity contribution in [1.82, 2.24) is 0 Å². The van der Waals surface area contributed by atoms with Crippen LogP contribution in [0.2, 0.25) is 0 Å². The second-order valence-corrected chi connectivity index (χ2v) is 15.3. The number of nitrogens with two attached hydrogens (primary N) is 1. The number of esters is 2. The van der Waals surface area contributed by atoms with Gasteiger partial charge in [-0.25, -0.2) is 4.57 Å². The third-order valence-corrected chi connectivity index (χ3v) is 9.89. The van der Waals surface area contributed by atoms with E-state index in [9.17, 15) is 19.0 Å². The number of hydrogen-bond donors (Lipinski definition) is 2. The Hall–Kier alpha value is -1.25. The van der Waals surface area contributed by atoms with E-state index < -0.39 is 26.5 Å². The van der Waals surface area contributed by atoms with E-state index in [2.05, 4.69) is 26.0 Å². The van der Waals surface area contributed by atoms with E-state index in [1.807, 2.05) is 0 Å². The molecule has 296 valence electrons. The van der Waals surface area contributed by atoms with Crippen LogP contribution in [0.1, 0.15) is 200 Å². The predicted octanol–water partition coefficient (Wildman–Crippen LogP) is 11.4. The van der Waals surface area contributed by atoms with Gasteiger partial charge in [0.25, 0.3) is 0 Å². The Labute approximate surface area is 307 Å². The van der Waals surface area contributed by atoms with Crippen LogP contribution in [0.5, 0.6) is 0 Å². The maximum Gasteiger partial charge on any atom is 0.472 e. The van der Waals surface area contributed by atoms with Crippen LogP contribution in [-0.4, -0.2) is 49.3 Å². The summed E-state index contributed by atoms with van der Waals surface area (Å²) in [6, 6.07) is 0. The van der Waals surface area contributed by atoms with Crippen molar-refractivity contribution in [2.45, 2.75) is 206 Å². The molecule has 0 heterocycles. The van der Waals surface area contributed by atoms with Gasteiger partial charge in [0.1, 0.15) is 6.61 Å². The zero-order chi connectivity index (χ0) is 36.8. The van der Waals surface area contributed by atoms with Gasteiger partial charge in [-0.05, 0) is 38.5 Å². The van der Waals surface area contributed by atoms with Crippen molar-refractivity contribution in [1.29, 1.82) is 0 Å². The summed E-state index contributed by atoms with van der Waals surface area (Å²) in [7, 11) is -4.37. The van der Waals surface area contributed by atoms with Gasteiger partial charge in [0.2, 0.25) is 0 Å². The Bertz CT molecular complexity index is 840. The molecule has 0 bridgehead atoms. The highest BCUT2D eigenvalue weighted by molar-refractivity contribution is 7.47. The molecular weight excluding hydrogens is 653 g/mol. The summed E-state index contributed by atoms with van der Waals surface area (Å²) in [6.45, 7) is 3.73. The summed E-state index contributed by atoms with van der Waals surface area (Å²) in [5.41, 5.74) is 5.34. The summed E-state index contributed by atoms with van der Waals surface area (Å²) < 4.78 is 32.7. The van der Waals surface area contributed by atoms with Crippen molar-refractivity contribution in [2.24, 2.45) is 5.73 Å². The fourth-order valence-electron chi connectivity index (χ4n) is 5.81. The molecule has 0 saturated heterocycles. The number of carbonyl (C=O) groups excluding carboxylic acids is 2. The molecule has 2 atom stereocenters. The first kappa shape index (κ1) is 48.8. The number of unbranched alkanes of at least 4 members (excludes halogenated alkanes) is 24. The minimum atomic E-state index is -4.37. The Morgan fingerprint density at radius 1 is 0.580 bits per heavy atom. The predicted molar refractivity (Wildman–Crippen MR) is 206 cm³/mol. The highest BCUT2D eigenvalue weighted by Crippen LogP contribution is 2.43. The summed E-state index contributed by atoms with van der Waals surface area (Å²) in [5.74, 6) is -0.830. The molecule has 0 aromatic rings. The lowest BCUT2D eigenvalue weighted by Gasteiger charge is -2.19. The lowest BCUT2D eigenvalue weighted by atomic mass is 10.0. The molecule has 0 aliphatic carbocycles. The number of allylic oxidation sites excluding steroid dienone is 2. The van der Waals surface area contributed by atoms with Crippen molar-refractivity contribution in [3.63, 3.8) is 0 Å². The molecule has 1 unspecified atom stereocenters. The number of hydrogen-bond acceptors (Lipinski definition) is 8. The third-order valence-electron chi connectivity index (χ3n) is 8.90. The molecule has 0 rings (SSSR count). The smallest absolute Gasteiger partial charge is 0.462 e. The van der Waals surface area contributed by atoms with Gasteiger partial charge in [0.05, 0.1) is 13.2 Å². The van der Waals surface area contributed by atoms with Crippen molar-refractivity contribution in [3.05, 3.63) is 12.2 Å². The van der Waals surface area contributed by atoms with E-state index in [4.69, 9.17) is 24.3 Å². The highest BCUT2D eigenvalue weighted by Gasteiger charge is 2.26. The summed E-state index contributed by atoms with van der Waals surface area (Å²) >= 11 is 0. The Balaban J connectivity index is 4.17. The van der Waals surface area contributed by atoms with Crippen LogP contribution in [0, 0.1) is 0 Å². The molecule has 0 radical (unpaired) electrons. The lowest BCUT2D eigenvalue weighted by molar-refractivity contribution is -0.161. The maximum absolute atomic E-state index is 12.5. The zero-order valence-electron chi connectivity index (χ0n) is 32.4. The number of rotatable bonds is 39. The summed E-state index contributed by atoms with van der Waals surface area (Å²) in [5, 5.41) is 0. The van der Waals surface area contributed by atoms with Crippen LogP contribution >= 0.6 is 7.82 Å². The van der Waals surface area contributed by atoms with Gasteiger partial charge in [0, 0.05) is 19.4 Å².